The van der Waals surface area contributed by atoms with Crippen molar-refractivity contribution < 1.29 is 26.4 Å². The lowest BCUT2D eigenvalue weighted by molar-refractivity contribution is -0.137. The molecule has 0 bridgehead atoms. The average Bonchev–Trinajstić information content (AvgIpc) is 3.20. The summed E-state index contributed by atoms with van der Waals surface area (Å²) in [6.07, 6.45) is -3.95. The number of anilines is 1. The van der Waals surface area contributed by atoms with Crippen LogP contribution in [0.4, 0.5) is 18.3 Å². The van der Waals surface area contributed by atoms with Gasteiger partial charge in [-0.25, -0.2) is 13.4 Å². The smallest absolute Gasteiger partial charge is 0.301 e. The van der Waals surface area contributed by atoms with Gasteiger partial charge >= 0.3 is 6.18 Å². The minimum atomic E-state index is -4.44. The molecule has 1 aliphatic heterocycles. The number of carbonyl (C=O) groups is 1. The molecule has 1 atom stereocenters. The topological polar surface area (TPSA) is 79.4 Å². The summed E-state index contributed by atoms with van der Waals surface area (Å²) in [4.78, 5) is 18.0. The molecule has 6 nitrogen and oxygen atoms in total. The quantitative estimate of drug-likeness (QED) is 0.785. The molecule has 1 aromatic carbocycles. The van der Waals surface area contributed by atoms with Gasteiger partial charge in [0.2, 0.25) is 5.91 Å². The summed E-state index contributed by atoms with van der Waals surface area (Å²) in [5.74, 6) is -0.207. The number of sulfone groups is 1. The summed E-state index contributed by atoms with van der Waals surface area (Å²) in [6, 6.07) is 4.62. The molecule has 152 valence electrons. The zero-order valence-corrected chi connectivity index (χ0v) is 16.5. The molecule has 1 fully saturated rings. The maximum atomic E-state index is 12.8. The van der Waals surface area contributed by atoms with Crippen molar-refractivity contribution in [2.45, 2.75) is 18.6 Å². The first-order chi connectivity index (χ1) is 13.0. The van der Waals surface area contributed by atoms with Gasteiger partial charge < -0.3 is 5.32 Å². The Morgan fingerprint density at radius 1 is 1.39 bits per heavy atom. The van der Waals surface area contributed by atoms with Crippen LogP contribution in [0.2, 0.25) is 0 Å². The highest BCUT2D eigenvalue weighted by Crippen LogP contribution is 2.33. The van der Waals surface area contributed by atoms with Crippen molar-refractivity contribution in [3.63, 3.8) is 0 Å². The van der Waals surface area contributed by atoms with Crippen molar-refractivity contribution in [3.05, 3.63) is 35.2 Å². The van der Waals surface area contributed by atoms with Gasteiger partial charge in [-0.2, -0.15) is 13.2 Å². The maximum Gasteiger partial charge on any atom is 0.416 e. The lowest BCUT2D eigenvalue weighted by Gasteiger charge is -2.21. The molecular weight excluding hydrogens is 415 g/mol. The van der Waals surface area contributed by atoms with Crippen LogP contribution in [0, 0.1) is 0 Å². The zero-order chi connectivity index (χ0) is 20.5. The van der Waals surface area contributed by atoms with Crippen molar-refractivity contribution >= 4 is 32.2 Å². The molecule has 3 rings (SSSR count). The Bertz CT molecular complexity index is 973. The van der Waals surface area contributed by atoms with Crippen LogP contribution in [0.25, 0.3) is 11.3 Å². The maximum absolute atomic E-state index is 12.8. The van der Waals surface area contributed by atoms with E-state index in [1.54, 1.807) is 17.3 Å². The molecule has 1 unspecified atom stereocenters. The minimum absolute atomic E-state index is 0.00133. The van der Waals surface area contributed by atoms with Gasteiger partial charge in [0, 0.05) is 17.0 Å². The first-order valence-corrected chi connectivity index (χ1v) is 11.1. The fourth-order valence-electron chi connectivity index (χ4n) is 2.96. The molecule has 2 heterocycles. The van der Waals surface area contributed by atoms with E-state index in [-0.39, 0.29) is 35.1 Å². The van der Waals surface area contributed by atoms with E-state index in [9.17, 15) is 26.4 Å². The Balaban J connectivity index is 1.62. The van der Waals surface area contributed by atoms with Crippen molar-refractivity contribution in [3.8, 4) is 11.3 Å². The monoisotopic (exact) mass is 433 g/mol. The van der Waals surface area contributed by atoms with Crippen molar-refractivity contribution in [1.82, 2.24) is 9.88 Å². The summed E-state index contributed by atoms with van der Waals surface area (Å²) in [5.41, 5.74) is -0.127. The van der Waals surface area contributed by atoms with E-state index in [1.165, 1.54) is 12.1 Å². The third-order valence-electron chi connectivity index (χ3n) is 4.46. The number of hydrogen-bond acceptors (Lipinski definition) is 6. The van der Waals surface area contributed by atoms with Gasteiger partial charge in [-0.3, -0.25) is 9.69 Å². The first kappa shape index (κ1) is 20.7. The highest BCUT2D eigenvalue weighted by molar-refractivity contribution is 7.91. The van der Waals surface area contributed by atoms with E-state index in [0.717, 1.165) is 23.5 Å². The van der Waals surface area contributed by atoms with Gasteiger partial charge in [0.05, 0.1) is 29.3 Å². The van der Waals surface area contributed by atoms with Gasteiger partial charge in [0.1, 0.15) is 0 Å². The van der Waals surface area contributed by atoms with Crippen LogP contribution < -0.4 is 5.32 Å². The minimum Gasteiger partial charge on any atom is -0.301 e. The van der Waals surface area contributed by atoms with Crippen LogP contribution in [0.15, 0.2) is 29.6 Å². The number of rotatable bonds is 5. The highest BCUT2D eigenvalue weighted by Gasteiger charge is 2.32. The van der Waals surface area contributed by atoms with Gasteiger partial charge in [-0.05, 0) is 25.6 Å². The van der Waals surface area contributed by atoms with Gasteiger partial charge in [-0.1, -0.05) is 12.1 Å². The molecule has 0 radical (unpaired) electrons. The molecule has 1 aliphatic rings. The summed E-state index contributed by atoms with van der Waals surface area (Å²) in [5, 5.41) is 4.44. The van der Waals surface area contributed by atoms with Crippen LogP contribution in [-0.4, -0.2) is 55.3 Å². The number of alkyl halides is 3. The number of hydrogen-bond donors (Lipinski definition) is 1. The van der Waals surface area contributed by atoms with Crippen molar-refractivity contribution in [2.24, 2.45) is 0 Å². The number of benzene rings is 1. The van der Waals surface area contributed by atoms with Crippen LogP contribution >= 0.6 is 11.3 Å². The Morgan fingerprint density at radius 3 is 2.79 bits per heavy atom. The number of halogens is 3. The molecule has 11 heteroatoms. The predicted octanol–water partition coefficient (Wildman–Crippen LogP) is 2.89. The number of likely N-dealkylation sites (N-methyl/N-ethyl adjacent to an activating group) is 1. The van der Waals surface area contributed by atoms with E-state index >= 15 is 0 Å². The normalized spacial score (nSPS) is 19.1. The van der Waals surface area contributed by atoms with E-state index in [4.69, 9.17) is 0 Å². The number of aromatic nitrogens is 1. The molecule has 1 aromatic heterocycles. The van der Waals surface area contributed by atoms with E-state index < -0.39 is 21.6 Å². The van der Waals surface area contributed by atoms with Gasteiger partial charge in [0.15, 0.2) is 15.0 Å². The molecule has 0 aliphatic carbocycles. The highest BCUT2D eigenvalue weighted by atomic mass is 32.2. The molecule has 1 amide bonds. The fourth-order valence-corrected chi connectivity index (χ4v) is 5.50. The number of thiazole rings is 1. The van der Waals surface area contributed by atoms with Crippen molar-refractivity contribution in [1.29, 1.82) is 0 Å². The molecule has 1 N–H and O–H groups in total. The lowest BCUT2D eigenvalue weighted by Crippen LogP contribution is -2.38. The lowest BCUT2D eigenvalue weighted by atomic mass is 10.1. The molecular formula is C17H18F3N3O3S2. The summed E-state index contributed by atoms with van der Waals surface area (Å²) < 4.78 is 61.6. The second-order valence-corrected chi connectivity index (χ2v) is 9.72. The second-order valence-electron chi connectivity index (χ2n) is 6.64. The van der Waals surface area contributed by atoms with Crippen LogP contribution in [0.1, 0.15) is 12.0 Å². The summed E-state index contributed by atoms with van der Waals surface area (Å²) in [6.45, 7) is -0.00133. The standard InChI is InChI=1S/C17H18F3N3O3S2/c1-23(13-5-6-28(25,26)10-13)8-15(24)22-16-21-14(9-27-16)11-3-2-4-12(7-11)17(18,19)20/h2-4,7,9,13H,5-6,8,10H2,1H3,(H,21,22,24). The van der Waals surface area contributed by atoms with Gasteiger partial charge in [0.25, 0.3) is 0 Å². The number of nitrogens with zero attached hydrogens (tertiary/aromatic N) is 2. The Kier molecular flexibility index (Phi) is 5.78. The number of nitrogens with one attached hydrogen (secondary N) is 1. The van der Waals surface area contributed by atoms with Crippen LogP contribution in [0.3, 0.4) is 0 Å². The van der Waals surface area contributed by atoms with Gasteiger partial charge in [-0.15, -0.1) is 11.3 Å². The Morgan fingerprint density at radius 2 is 2.14 bits per heavy atom. The SMILES string of the molecule is CN(CC(=O)Nc1nc(-c2cccc(C(F)(F)F)c2)cs1)C1CCS(=O)(=O)C1. The molecule has 0 spiro atoms. The van der Waals surface area contributed by atoms with Crippen LogP contribution in [-0.2, 0) is 20.8 Å². The predicted molar refractivity (Wildman–Crippen MR) is 101 cm³/mol. The second kappa shape index (κ2) is 7.80. The molecule has 28 heavy (non-hydrogen) atoms. The number of amides is 1. The summed E-state index contributed by atoms with van der Waals surface area (Å²) >= 11 is 1.11. The molecule has 0 saturated carbocycles. The Hall–Kier alpha value is -1.98. The Labute approximate surface area is 164 Å². The molecule has 2 aromatic rings. The van der Waals surface area contributed by atoms with E-state index in [2.05, 4.69) is 10.3 Å². The zero-order valence-electron chi connectivity index (χ0n) is 14.9. The molecule has 1 saturated heterocycles. The third-order valence-corrected chi connectivity index (χ3v) is 6.97. The first-order valence-electron chi connectivity index (χ1n) is 8.37. The van der Waals surface area contributed by atoms with E-state index in [0.29, 0.717) is 17.7 Å². The average molecular weight is 433 g/mol. The van der Waals surface area contributed by atoms with Crippen molar-refractivity contribution in [2.75, 3.05) is 30.4 Å². The van der Waals surface area contributed by atoms with Crippen LogP contribution in [0.5, 0.6) is 0 Å². The number of carbonyl (C=O) groups excluding carboxylic acids is 1. The largest absolute Gasteiger partial charge is 0.416 e. The fraction of sp³-hybridized carbons (Fsp3) is 0.412. The van der Waals surface area contributed by atoms with E-state index in [1.807, 2.05) is 0 Å². The third kappa shape index (κ3) is 5.09. The summed E-state index contributed by atoms with van der Waals surface area (Å²) in [7, 11) is -1.36.